The van der Waals surface area contributed by atoms with Crippen LogP contribution >= 0.6 is 0 Å². The highest BCUT2D eigenvalue weighted by molar-refractivity contribution is 5.80. The molecule has 2 aliphatic rings. The van der Waals surface area contributed by atoms with Gasteiger partial charge in [0, 0.05) is 22.2 Å². The zero-order valence-corrected chi connectivity index (χ0v) is 18.3. The first kappa shape index (κ1) is 20.1. The summed E-state index contributed by atoms with van der Waals surface area (Å²) < 4.78 is 10.9. The lowest BCUT2D eigenvalue weighted by atomic mass is 10.0. The number of nitrogens with one attached hydrogen (secondary N) is 3. The Morgan fingerprint density at radius 3 is 2.39 bits per heavy atom. The largest absolute Gasteiger partial charge is 0.454 e. The van der Waals surface area contributed by atoms with E-state index in [-0.39, 0.29) is 5.43 Å². The summed E-state index contributed by atoms with van der Waals surface area (Å²) in [6, 6.07) is 12.5. The van der Waals surface area contributed by atoms with Gasteiger partial charge in [0.25, 0.3) is 0 Å². The van der Waals surface area contributed by atoms with Crippen LogP contribution in [0.2, 0.25) is 0 Å². The quantitative estimate of drug-likeness (QED) is 0.566. The molecule has 3 aromatic rings. The van der Waals surface area contributed by atoms with Crippen molar-refractivity contribution in [1.82, 2.24) is 4.98 Å². The summed E-state index contributed by atoms with van der Waals surface area (Å²) in [5.41, 5.74) is 5.58. The fourth-order valence-electron chi connectivity index (χ4n) is 4.83. The molecule has 0 aliphatic carbocycles. The van der Waals surface area contributed by atoms with Crippen molar-refractivity contribution >= 4 is 10.9 Å². The van der Waals surface area contributed by atoms with Crippen molar-refractivity contribution in [2.45, 2.75) is 33.4 Å². The van der Waals surface area contributed by atoms with Crippen LogP contribution in [0, 0.1) is 6.92 Å². The van der Waals surface area contributed by atoms with Crippen molar-refractivity contribution in [3.05, 3.63) is 69.0 Å². The zero-order chi connectivity index (χ0) is 21.4. The van der Waals surface area contributed by atoms with Crippen LogP contribution in [-0.4, -0.2) is 38.0 Å². The third-order valence-corrected chi connectivity index (χ3v) is 6.77. The molecule has 0 unspecified atom stereocenters. The van der Waals surface area contributed by atoms with E-state index in [1.54, 1.807) is 4.90 Å². The van der Waals surface area contributed by atoms with E-state index in [2.05, 4.69) is 36.2 Å². The second-order valence-electron chi connectivity index (χ2n) is 8.83. The van der Waals surface area contributed by atoms with Gasteiger partial charge in [-0.2, -0.15) is 0 Å². The molecule has 3 N–H and O–H groups in total. The van der Waals surface area contributed by atoms with Crippen LogP contribution in [0.1, 0.15) is 29.3 Å². The fraction of sp³-hybridized carbons (Fsp3) is 0.400. The molecule has 3 heterocycles. The molecule has 1 saturated heterocycles. The van der Waals surface area contributed by atoms with E-state index in [0.29, 0.717) is 6.79 Å². The number of rotatable bonds is 5. The van der Waals surface area contributed by atoms with Gasteiger partial charge in [-0.05, 0) is 49.2 Å². The molecule has 0 amide bonds. The average molecular weight is 422 g/mol. The number of piperazine rings is 1. The van der Waals surface area contributed by atoms with E-state index in [0.717, 1.165) is 79.3 Å². The lowest BCUT2D eigenvalue weighted by molar-refractivity contribution is -1.02. The number of hydrogen-bond acceptors (Lipinski definition) is 3. The summed E-state index contributed by atoms with van der Waals surface area (Å²) in [6.45, 7) is 10.6. The minimum atomic E-state index is 0.198. The van der Waals surface area contributed by atoms with Gasteiger partial charge in [0.15, 0.2) is 16.9 Å². The first-order valence-electron chi connectivity index (χ1n) is 11.3. The minimum absolute atomic E-state index is 0.198. The van der Waals surface area contributed by atoms with E-state index in [1.165, 1.54) is 16.0 Å². The van der Waals surface area contributed by atoms with Gasteiger partial charge in [-0.15, -0.1) is 0 Å². The number of quaternary nitrogens is 2. The van der Waals surface area contributed by atoms with Gasteiger partial charge in [0.2, 0.25) is 6.79 Å². The van der Waals surface area contributed by atoms with Gasteiger partial charge in [-0.1, -0.05) is 13.0 Å². The number of aromatic nitrogens is 1. The Kier molecular flexibility index (Phi) is 5.42. The molecule has 0 bridgehead atoms. The second kappa shape index (κ2) is 8.36. The van der Waals surface area contributed by atoms with Crippen LogP contribution in [-0.2, 0) is 19.5 Å². The van der Waals surface area contributed by atoms with Crippen LogP contribution in [0.5, 0.6) is 11.5 Å². The lowest BCUT2D eigenvalue weighted by Crippen LogP contribution is -3.27. The van der Waals surface area contributed by atoms with Crippen molar-refractivity contribution in [1.29, 1.82) is 0 Å². The molecule has 0 spiro atoms. The molecule has 6 heteroatoms. The van der Waals surface area contributed by atoms with Crippen molar-refractivity contribution in [2.75, 3.05) is 33.0 Å². The van der Waals surface area contributed by atoms with Crippen molar-refractivity contribution < 1.29 is 19.3 Å². The summed E-state index contributed by atoms with van der Waals surface area (Å²) >= 11 is 0. The monoisotopic (exact) mass is 421 g/mol. The summed E-state index contributed by atoms with van der Waals surface area (Å²) in [4.78, 5) is 19.8. The summed E-state index contributed by atoms with van der Waals surface area (Å²) in [7, 11) is 0. The maximum absolute atomic E-state index is 13.2. The Hall–Kier alpha value is -2.83. The van der Waals surface area contributed by atoms with E-state index in [4.69, 9.17) is 9.47 Å². The molecular formula is C25H31N3O3+2. The molecule has 0 saturated carbocycles. The van der Waals surface area contributed by atoms with Crippen molar-refractivity contribution in [2.24, 2.45) is 0 Å². The molecular weight excluding hydrogens is 390 g/mol. The summed E-state index contributed by atoms with van der Waals surface area (Å²) in [5.74, 6) is 1.70. The fourth-order valence-corrected chi connectivity index (χ4v) is 4.83. The number of ether oxygens (including phenoxy) is 2. The van der Waals surface area contributed by atoms with E-state index in [9.17, 15) is 4.79 Å². The Bertz CT molecular complexity index is 1160. The van der Waals surface area contributed by atoms with Crippen molar-refractivity contribution in [3.63, 3.8) is 0 Å². The highest BCUT2D eigenvalue weighted by Crippen LogP contribution is 2.32. The second-order valence-corrected chi connectivity index (χ2v) is 8.83. The van der Waals surface area contributed by atoms with Crippen LogP contribution in [0.3, 0.4) is 0 Å². The molecule has 0 atom stereocenters. The van der Waals surface area contributed by atoms with Gasteiger partial charge in [-0.3, -0.25) is 4.79 Å². The van der Waals surface area contributed by atoms with E-state index in [1.807, 2.05) is 19.1 Å². The van der Waals surface area contributed by atoms with Gasteiger partial charge in [0.05, 0.1) is 5.56 Å². The minimum Gasteiger partial charge on any atom is -0.454 e. The number of pyridine rings is 1. The molecule has 6 nitrogen and oxygen atoms in total. The molecule has 5 rings (SSSR count). The number of H-pyrrole nitrogens is 1. The smallest absolute Gasteiger partial charge is 0.231 e. The summed E-state index contributed by atoms with van der Waals surface area (Å²) in [5, 5.41) is 0.825. The molecule has 31 heavy (non-hydrogen) atoms. The number of aryl methyl sites for hydroxylation is 2. The predicted molar refractivity (Wildman–Crippen MR) is 120 cm³/mol. The molecule has 162 valence electrons. The Morgan fingerprint density at radius 1 is 0.903 bits per heavy atom. The normalized spacial score (nSPS) is 20.3. The zero-order valence-electron chi connectivity index (χ0n) is 18.3. The molecule has 0 radical (unpaired) electrons. The highest BCUT2D eigenvalue weighted by atomic mass is 16.7. The van der Waals surface area contributed by atoms with Crippen LogP contribution in [0.25, 0.3) is 10.9 Å². The standard InChI is InChI=1S/C25H29N3O3/c1-3-18-4-6-22-20(12-18)25(29)21(17(2)26-22)15-28-10-8-27(9-11-28)14-19-5-7-23-24(13-19)31-16-30-23/h4-7,12-13H,3,8-11,14-16H2,1-2H3,(H,26,29)/p+2. The van der Waals surface area contributed by atoms with Gasteiger partial charge < -0.3 is 24.3 Å². The van der Waals surface area contributed by atoms with Crippen LogP contribution in [0.4, 0.5) is 0 Å². The lowest BCUT2D eigenvalue weighted by Gasteiger charge is -2.30. The highest BCUT2D eigenvalue weighted by Gasteiger charge is 2.25. The van der Waals surface area contributed by atoms with Crippen LogP contribution in [0.15, 0.2) is 41.2 Å². The Balaban J connectivity index is 1.25. The third kappa shape index (κ3) is 4.05. The molecule has 1 aromatic heterocycles. The third-order valence-electron chi connectivity index (χ3n) is 6.77. The molecule has 2 aromatic carbocycles. The number of benzene rings is 2. The SMILES string of the molecule is CCc1ccc2[nH]c(C)c(C[NH+]3CC[NH+](Cc4ccc5c(c4)OCO5)CC3)c(=O)c2c1. The first-order valence-corrected chi connectivity index (χ1v) is 11.3. The molecule has 2 aliphatic heterocycles. The maximum atomic E-state index is 13.2. The predicted octanol–water partition coefficient (Wildman–Crippen LogP) is 0.611. The Morgan fingerprint density at radius 2 is 1.61 bits per heavy atom. The van der Waals surface area contributed by atoms with Gasteiger partial charge in [-0.25, -0.2) is 0 Å². The number of aromatic amines is 1. The summed E-state index contributed by atoms with van der Waals surface area (Å²) in [6.07, 6.45) is 0.942. The van der Waals surface area contributed by atoms with E-state index < -0.39 is 0 Å². The van der Waals surface area contributed by atoms with E-state index >= 15 is 0 Å². The van der Waals surface area contributed by atoms with Crippen LogP contribution < -0.4 is 24.7 Å². The molecule has 1 fully saturated rings. The number of hydrogen-bond donors (Lipinski definition) is 3. The van der Waals surface area contributed by atoms with Crippen molar-refractivity contribution in [3.8, 4) is 11.5 Å². The number of fused-ring (bicyclic) bond motifs is 2. The van der Waals surface area contributed by atoms with Gasteiger partial charge in [0.1, 0.15) is 39.3 Å². The average Bonchev–Trinajstić information content (AvgIpc) is 3.25. The Labute approximate surface area is 182 Å². The topological polar surface area (TPSA) is 60.2 Å². The van der Waals surface area contributed by atoms with Gasteiger partial charge >= 0.3 is 0 Å². The first-order chi connectivity index (χ1) is 15.1. The maximum Gasteiger partial charge on any atom is 0.231 e.